The Balaban J connectivity index is 1.27. The summed E-state index contributed by atoms with van der Waals surface area (Å²) < 4.78 is 46.3. The number of rotatable bonds is 6. The number of benzene rings is 2. The molecule has 5 rings (SSSR count). The zero-order chi connectivity index (χ0) is 23.7. The monoisotopic (exact) mass is 483 g/mol. The van der Waals surface area contributed by atoms with Crippen LogP contribution in [0, 0.1) is 5.82 Å². The number of halogens is 1. The Kier molecular flexibility index (Phi) is 6.22. The van der Waals surface area contributed by atoms with Crippen LogP contribution in [0.5, 0.6) is 0 Å². The molecule has 1 aromatic heterocycles. The minimum Gasteiger partial charge on any atom is -0.441 e. The third-order valence-electron chi connectivity index (χ3n) is 6.41. The number of nitrogens with zero attached hydrogens (tertiary/aromatic N) is 3. The van der Waals surface area contributed by atoms with Crippen LogP contribution in [0.1, 0.15) is 37.1 Å². The van der Waals surface area contributed by atoms with Crippen molar-refractivity contribution in [3.8, 4) is 11.3 Å². The van der Waals surface area contributed by atoms with Crippen LogP contribution in [0.2, 0.25) is 0 Å². The summed E-state index contributed by atoms with van der Waals surface area (Å²) in [5, 5.41) is 0. The average Bonchev–Trinajstić information content (AvgIpc) is 3.55. The van der Waals surface area contributed by atoms with Crippen LogP contribution >= 0.6 is 0 Å². The highest BCUT2D eigenvalue weighted by molar-refractivity contribution is 7.89. The van der Waals surface area contributed by atoms with Crippen molar-refractivity contribution in [2.75, 3.05) is 24.5 Å². The molecule has 3 heterocycles. The van der Waals surface area contributed by atoms with Gasteiger partial charge in [0.25, 0.3) is 0 Å². The summed E-state index contributed by atoms with van der Waals surface area (Å²) in [4.78, 5) is 19.3. The first-order chi connectivity index (χ1) is 16.4. The lowest BCUT2D eigenvalue weighted by atomic mass is 10.0. The molecule has 0 unspecified atom stereocenters. The molecule has 2 aliphatic rings. The lowest BCUT2D eigenvalue weighted by Crippen LogP contribution is -2.36. The Bertz CT molecular complexity index is 1300. The number of aryl methyl sites for hydroxylation is 2. The van der Waals surface area contributed by atoms with Crippen LogP contribution in [-0.2, 0) is 27.7 Å². The number of hydrogen-bond acceptors (Lipinski definition) is 5. The molecule has 1 amide bonds. The van der Waals surface area contributed by atoms with E-state index in [9.17, 15) is 17.6 Å². The first-order valence-electron chi connectivity index (χ1n) is 11.6. The number of carbonyl (C=O) groups is 1. The van der Waals surface area contributed by atoms with E-state index in [-0.39, 0.29) is 18.1 Å². The smallest absolute Gasteiger partial charge is 0.243 e. The van der Waals surface area contributed by atoms with Gasteiger partial charge in [0.2, 0.25) is 15.9 Å². The van der Waals surface area contributed by atoms with Gasteiger partial charge in [-0.25, -0.2) is 17.8 Å². The first kappa shape index (κ1) is 22.7. The number of hydrogen-bond donors (Lipinski definition) is 0. The molecule has 2 aromatic carbocycles. The van der Waals surface area contributed by atoms with E-state index in [0.29, 0.717) is 42.6 Å². The molecule has 0 aliphatic carbocycles. The quantitative estimate of drug-likeness (QED) is 0.525. The molecule has 3 aromatic rings. The van der Waals surface area contributed by atoms with Gasteiger partial charge in [0.1, 0.15) is 5.82 Å². The van der Waals surface area contributed by atoms with E-state index in [4.69, 9.17) is 4.42 Å². The molecule has 0 spiro atoms. The van der Waals surface area contributed by atoms with Crippen molar-refractivity contribution in [3.05, 3.63) is 65.9 Å². The van der Waals surface area contributed by atoms with Crippen LogP contribution < -0.4 is 4.90 Å². The van der Waals surface area contributed by atoms with Crippen molar-refractivity contribution in [2.45, 2.75) is 43.4 Å². The number of oxazole rings is 1. The minimum atomic E-state index is -3.49. The topological polar surface area (TPSA) is 83.7 Å². The van der Waals surface area contributed by atoms with Gasteiger partial charge in [-0.2, -0.15) is 4.31 Å². The molecule has 0 radical (unpaired) electrons. The molecule has 1 fully saturated rings. The summed E-state index contributed by atoms with van der Waals surface area (Å²) in [6.45, 7) is 1.72. The number of amides is 1. The van der Waals surface area contributed by atoms with E-state index in [1.807, 2.05) is 0 Å². The molecule has 0 atom stereocenters. The molecular formula is C25H26FN3O4S. The fourth-order valence-electron chi connectivity index (χ4n) is 4.59. The van der Waals surface area contributed by atoms with Crippen LogP contribution in [-0.4, -0.2) is 43.2 Å². The zero-order valence-electron chi connectivity index (χ0n) is 18.7. The van der Waals surface area contributed by atoms with Crippen LogP contribution in [0.3, 0.4) is 0 Å². The number of fused-ring (bicyclic) bond motifs is 1. The highest BCUT2D eigenvalue weighted by Gasteiger charge is 2.29. The second-order valence-corrected chi connectivity index (χ2v) is 10.6. The second-order valence-electron chi connectivity index (χ2n) is 8.68. The number of aromatic nitrogens is 1. The molecule has 0 N–H and O–H groups in total. The summed E-state index contributed by atoms with van der Waals surface area (Å²) in [5.41, 5.74) is 2.38. The predicted octanol–water partition coefficient (Wildman–Crippen LogP) is 4.18. The maximum absolute atomic E-state index is 13.1. The van der Waals surface area contributed by atoms with Gasteiger partial charge in [-0.1, -0.05) is 0 Å². The molecular weight excluding hydrogens is 457 g/mol. The lowest BCUT2D eigenvalue weighted by molar-refractivity contribution is -0.118. The van der Waals surface area contributed by atoms with E-state index in [0.717, 1.165) is 42.5 Å². The maximum atomic E-state index is 13.1. The summed E-state index contributed by atoms with van der Waals surface area (Å²) in [7, 11) is -3.49. The molecule has 1 saturated heterocycles. The highest BCUT2D eigenvalue weighted by atomic mass is 32.2. The number of sulfonamides is 1. The summed E-state index contributed by atoms with van der Waals surface area (Å²) in [5.74, 6) is 0.587. The van der Waals surface area contributed by atoms with E-state index < -0.39 is 10.0 Å². The predicted molar refractivity (Wildman–Crippen MR) is 125 cm³/mol. The Hall–Kier alpha value is -3.04. The Morgan fingerprint density at radius 3 is 2.56 bits per heavy atom. The van der Waals surface area contributed by atoms with Crippen molar-refractivity contribution in [2.24, 2.45) is 0 Å². The SMILES string of the molecule is O=C(CCc1ncc(-c2ccc(F)cc2)o1)N1CCCc2cc(S(=O)(=O)N3CCCC3)ccc21. The Morgan fingerprint density at radius 1 is 1.03 bits per heavy atom. The number of anilines is 1. The van der Waals surface area contributed by atoms with Gasteiger partial charge in [0.05, 0.1) is 11.1 Å². The van der Waals surface area contributed by atoms with Crippen molar-refractivity contribution in [3.63, 3.8) is 0 Å². The molecule has 34 heavy (non-hydrogen) atoms. The van der Waals surface area contributed by atoms with Gasteiger partial charge < -0.3 is 9.32 Å². The third kappa shape index (κ3) is 4.50. The van der Waals surface area contributed by atoms with Gasteiger partial charge in [-0.05, 0) is 73.7 Å². The molecule has 178 valence electrons. The molecule has 9 heteroatoms. The standard InChI is InChI=1S/C25H26FN3O4S/c26-20-7-5-18(6-8-20)23-17-27-24(33-23)11-12-25(30)29-15-3-4-19-16-21(9-10-22(19)29)34(31,32)28-13-1-2-14-28/h5-10,16-17H,1-4,11-15H2. The maximum Gasteiger partial charge on any atom is 0.243 e. The van der Waals surface area contributed by atoms with Crippen molar-refractivity contribution >= 4 is 21.6 Å². The van der Waals surface area contributed by atoms with Gasteiger partial charge in [-0.3, -0.25) is 4.79 Å². The first-order valence-corrected chi connectivity index (χ1v) is 13.0. The van der Waals surface area contributed by atoms with E-state index in [1.165, 1.54) is 16.4 Å². The van der Waals surface area contributed by atoms with Crippen molar-refractivity contribution < 1.29 is 22.0 Å². The largest absolute Gasteiger partial charge is 0.441 e. The van der Waals surface area contributed by atoms with E-state index in [2.05, 4.69) is 4.98 Å². The van der Waals surface area contributed by atoms with E-state index in [1.54, 1.807) is 41.4 Å². The van der Waals surface area contributed by atoms with Crippen LogP contribution in [0.4, 0.5) is 10.1 Å². The van der Waals surface area contributed by atoms with Gasteiger partial charge in [0.15, 0.2) is 11.7 Å². The molecule has 0 saturated carbocycles. The van der Waals surface area contributed by atoms with Gasteiger partial charge in [0, 0.05) is 43.7 Å². The minimum absolute atomic E-state index is 0.0577. The third-order valence-corrected chi connectivity index (χ3v) is 8.30. The fraction of sp³-hybridized carbons (Fsp3) is 0.360. The summed E-state index contributed by atoms with van der Waals surface area (Å²) >= 11 is 0. The Morgan fingerprint density at radius 2 is 1.79 bits per heavy atom. The molecule has 0 bridgehead atoms. The van der Waals surface area contributed by atoms with Crippen LogP contribution in [0.15, 0.2) is 58.0 Å². The summed E-state index contributed by atoms with van der Waals surface area (Å²) in [6.07, 6.45) is 5.43. The Labute approximate surface area is 198 Å². The van der Waals surface area contributed by atoms with E-state index >= 15 is 0 Å². The van der Waals surface area contributed by atoms with Crippen molar-refractivity contribution in [1.82, 2.24) is 9.29 Å². The van der Waals surface area contributed by atoms with Crippen LogP contribution in [0.25, 0.3) is 11.3 Å². The van der Waals surface area contributed by atoms with Crippen molar-refractivity contribution in [1.29, 1.82) is 0 Å². The average molecular weight is 484 g/mol. The fourth-order valence-corrected chi connectivity index (χ4v) is 6.16. The molecule has 7 nitrogen and oxygen atoms in total. The highest BCUT2D eigenvalue weighted by Crippen LogP contribution is 2.32. The number of carbonyl (C=O) groups excluding carboxylic acids is 1. The normalized spacial score (nSPS) is 16.6. The zero-order valence-corrected chi connectivity index (χ0v) is 19.6. The van der Waals surface area contributed by atoms with Gasteiger partial charge in [-0.15, -0.1) is 0 Å². The van der Waals surface area contributed by atoms with Gasteiger partial charge >= 0.3 is 0 Å². The summed E-state index contributed by atoms with van der Waals surface area (Å²) in [6, 6.07) is 11.0. The lowest BCUT2D eigenvalue weighted by Gasteiger charge is -2.30. The second kappa shape index (κ2) is 9.31. The molecule has 2 aliphatic heterocycles.